The first-order valence-electron chi connectivity index (χ1n) is 6.81. The molecule has 0 saturated heterocycles. The fourth-order valence-electron chi connectivity index (χ4n) is 2.51. The predicted octanol–water partition coefficient (Wildman–Crippen LogP) is 3.42. The van der Waals surface area contributed by atoms with Crippen molar-refractivity contribution >= 4 is 45.0 Å². The summed E-state index contributed by atoms with van der Waals surface area (Å²) in [6.07, 6.45) is 1.82. The Morgan fingerprint density at radius 1 is 1.23 bits per heavy atom. The minimum atomic E-state index is -0.0497. The van der Waals surface area contributed by atoms with Crippen LogP contribution in [0, 0.1) is 6.92 Å². The lowest BCUT2D eigenvalue weighted by molar-refractivity contribution is 1.19. The number of fused-ring (bicyclic) bond motifs is 3. The molecule has 0 saturated carbocycles. The second kappa shape index (κ2) is 4.93. The van der Waals surface area contributed by atoms with Gasteiger partial charge in [-0.1, -0.05) is 47.2 Å². The average Bonchev–Trinajstić information content (AvgIpc) is 2.98. The third-order valence-corrected chi connectivity index (χ3v) is 4.90. The van der Waals surface area contributed by atoms with Gasteiger partial charge in [0.05, 0.1) is 15.6 Å². The van der Waals surface area contributed by atoms with Crippen LogP contribution in [0.3, 0.4) is 0 Å². The Morgan fingerprint density at radius 2 is 2.05 bits per heavy atom. The van der Waals surface area contributed by atoms with Crippen LogP contribution in [-0.4, -0.2) is 9.38 Å². The van der Waals surface area contributed by atoms with Crippen LogP contribution in [0.4, 0.5) is 0 Å². The van der Waals surface area contributed by atoms with E-state index in [2.05, 4.69) is 4.98 Å². The van der Waals surface area contributed by atoms with E-state index in [9.17, 15) is 4.79 Å². The van der Waals surface area contributed by atoms with E-state index in [4.69, 9.17) is 11.6 Å². The van der Waals surface area contributed by atoms with Gasteiger partial charge >= 0.3 is 0 Å². The topological polar surface area (TPSA) is 34.4 Å². The van der Waals surface area contributed by atoms with Crippen LogP contribution in [0.25, 0.3) is 22.1 Å². The molecule has 0 N–H and O–H groups in total. The number of nitrogens with zero attached hydrogens (tertiary/aromatic N) is 2. The van der Waals surface area contributed by atoms with Gasteiger partial charge in [-0.25, -0.2) is 9.38 Å². The highest BCUT2D eigenvalue weighted by molar-refractivity contribution is 7.15. The van der Waals surface area contributed by atoms with Crippen LogP contribution in [0.15, 0.2) is 47.3 Å². The van der Waals surface area contributed by atoms with Crippen LogP contribution >= 0.6 is 22.9 Å². The zero-order valence-electron chi connectivity index (χ0n) is 11.7. The summed E-state index contributed by atoms with van der Waals surface area (Å²) in [6.45, 7) is 2.02. The molecule has 0 radical (unpaired) electrons. The third-order valence-electron chi connectivity index (χ3n) is 3.59. The predicted molar refractivity (Wildman–Crippen MR) is 91.8 cm³/mol. The van der Waals surface area contributed by atoms with E-state index >= 15 is 0 Å². The summed E-state index contributed by atoms with van der Waals surface area (Å²) in [4.78, 5) is 17.9. The quantitative estimate of drug-likeness (QED) is 0.537. The minimum Gasteiger partial charge on any atom is -0.267 e. The Bertz CT molecular complexity index is 1130. The molecule has 108 valence electrons. The molecule has 0 amide bonds. The summed E-state index contributed by atoms with van der Waals surface area (Å²) < 4.78 is 2.31. The van der Waals surface area contributed by atoms with Gasteiger partial charge in [-0.05, 0) is 42.3 Å². The number of benzene rings is 2. The highest BCUT2D eigenvalue weighted by Gasteiger charge is 2.11. The molecule has 0 spiro atoms. The summed E-state index contributed by atoms with van der Waals surface area (Å²) >= 11 is 7.54. The molecule has 3 nitrogen and oxygen atoms in total. The van der Waals surface area contributed by atoms with Gasteiger partial charge in [-0.2, -0.15) is 0 Å². The number of halogens is 1. The molecule has 0 atom stereocenters. The second-order valence-electron chi connectivity index (χ2n) is 5.16. The maximum Gasteiger partial charge on any atom is 0.274 e. The van der Waals surface area contributed by atoms with Gasteiger partial charge in [0, 0.05) is 5.02 Å². The lowest BCUT2D eigenvalue weighted by Crippen LogP contribution is -2.22. The van der Waals surface area contributed by atoms with E-state index in [1.54, 1.807) is 4.40 Å². The van der Waals surface area contributed by atoms with Crippen LogP contribution in [-0.2, 0) is 0 Å². The largest absolute Gasteiger partial charge is 0.274 e. The molecular formula is C17H11ClN2OS. The van der Waals surface area contributed by atoms with Crippen LogP contribution < -0.4 is 10.1 Å². The number of aromatic nitrogens is 2. The monoisotopic (exact) mass is 326 g/mol. The zero-order chi connectivity index (χ0) is 15.3. The number of aryl methyl sites for hydroxylation is 1. The summed E-state index contributed by atoms with van der Waals surface area (Å²) in [5, 5.41) is 0.633. The molecule has 2 heterocycles. The Labute approximate surface area is 135 Å². The van der Waals surface area contributed by atoms with E-state index in [-0.39, 0.29) is 5.56 Å². The molecule has 0 aliphatic carbocycles. The van der Waals surface area contributed by atoms with Crippen LogP contribution in [0.5, 0.6) is 0 Å². The van der Waals surface area contributed by atoms with Crippen molar-refractivity contribution in [3.05, 3.63) is 73.5 Å². The molecule has 22 heavy (non-hydrogen) atoms. The molecule has 2 aromatic carbocycles. The first-order valence-corrected chi connectivity index (χ1v) is 8.01. The standard InChI is InChI=1S/C17H11ClN2OS/c1-10-6-7-14-13(8-10)19-17-20(14)16(21)15(22-17)9-11-4-2-3-5-12(11)18/h2-9H,1H3/b15-9-. The lowest BCUT2D eigenvalue weighted by Gasteiger charge is -1.94. The van der Waals surface area contributed by atoms with Crippen LogP contribution in [0.1, 0.15) is 11.1 Å². The molecule has 5 heteroatoms. The minimum absolute atomic E-state index is 0.0497. The summed E-state index contributed by atoms with van der Waals surface area (Å²) in [5.41, 5.74) is 3.62. The maximum atomic E-state index is 12.7. The summed E-state index contributed by atoms with van der Waals surface area (Å²) in [6, 6.07) is 13.4. The molecule has 0 aliphatic rings. The smallest absolute Gasteiger partial charge is 0.267 e. The van der Waals surface area contributed by atoms with E-state index < -0.39 is 0 Å². The van der Waals surface area contributed by atoms with Crippen molar-refractivity contribution in [2.45, 2.75) is 6.92 Å². The molecule has 0 unspecified atom stereocenters. The van der Waals surface area contributed by atoms with Gasteiger partial charge in [0.2, 0.25) is 0 Å². The van der Waals surface area contributed by atoms with Crippen LogP contribution in [0.2, 0.25) is 5.02 Å². The molecule has 4 rings (SSSR count). The van der Waals surface area contributed by atoms with E-state index in [1.165, 1.54) is 11.3 Å². The lowest BCUT2D eigenvalue weighted by atomic mass is 10.2. The van der Waals surface area contributed by atoms with Crippen molar-refractivity contribution in [3.8, 4) is 0 Å². The maximum absolute atomic E-state index is 12.7. The summed E-state index contributed by atoms with van der Waals surface area (Å²) in [5.74, 6) is 0. The second-order valence-corrected chi connectivity index (χ2v) is 6.58. The molecule has 0 aliphatic heterocycles. The molecule has 0 fully saturated rings. The Kier molecular flexibility index (Phi) is 3.03. The number of imidazole rings is 1. The Morgan fingerprint density at radius 3 is 2.86 bits per heavy atom. The zero-order valence-corrected chi connectivity index (χ0v) is 13.3. The first-order chi connectivity index (χ1) is 10.6. The van der Waals surface area contributed by atoms with Crippen molar-refractivity contribution in [2.75, 3.05) is 0 Å². The number of thiazole rings is 1. The molecule has 4 aromatic rings. The van der Waals surface area contributed by atoms with Crippen molar-refractivity contribution in [1.29, 1.82) is 0 Å². The van der Waals surface area contributed by atoms with Gasteiger partial charge in [-0.3, -0.25) is 4.79 Å². The number of hydrogen-bond donors (Lipinski definition) is 0. The van der Waals surface area contributed by atoms with Crippen molar-refractivity contribution in [1.82, 2.24) is 9.38 Å². The van der Waals surface area contributed by atoms with Gasteiger partial charge in [0.1, 0.15) is 0 Å². The number of hydrogen-bond acceptors (Lipinski definition) is 3. The molecular weight excluding hydrogens is 316 g/mol. The fraction of sp³-hybridized carbons (Fsp3) is 0.0588. The number of rotatable bonds is 1. The van der Waals surface area contributed by atoms with Gasteiger partial charge in [0.15, 0.2) is 4.96 Å². The molecule has 2 aromatic heterocycles. The van der Waals surface area contributed by atoms with Crippen molar-refractivity contribution in [3.63, 3.8) is 0 Å². The van der Waals surface area contributed by atoms with Gasteiger partial charge in [-0.15, -0.1) is 0 Å². The Hall–Kier alpha value is -2.17. The Balaban J connectivity index is 2.04. The molecule has 0 bridgehead atoms. The van der Waals surface area contributed by atoms with E-state index in [0.29, 0.717) is 14.5 Å². The van der Waals surface area contributed by atoms with Crippen molar-refractivity contribution in [2.24, 2.45) is 0 Å². The third kappa shape index (κ3) is 2.03. The average molecular weight is 327 g/mol. The summed E-state index contributed by atoms with van der Waals surface area (Å²) in [7, 11) is 0. The fourth-order valence-corrected chi connectivity index (χ4v) is 3.68. The van der Waals surface area contributed by atoms with Gasteiger partial charge in [0.25, 0.3) is 5.56 Å². The van der Waals surface area contributed by atoms with E-state index in [0.717, 1.165) is 22.2 Å². The van der Waals surface area contributed by atoms with Gasteiger partial charge < -0.3 is 0 Å². The van der Waals surface area contributed by atoms with Crippen molar-refractivity contribution < 1.29 is 0 Å². The first kappa shape index (κ1) is 13.5. The highest BCUT2D eigenvalue weighted by Crippen LogP contribution is 2.19. The van der Waals surface area contributed by atoms with E-state index in [1.807, 2.05) is 55.5 Å². The highest BCUT2D eigenvalue weighted by atomic mass is 35.5. The normalized spacial score (nSPS) is 12.5. The SMILES string of the molecule is Cc1ccc2c(c1)nc1s/c(=C\c3ccccc3Cl)c(=O)n12.